The highest BCUT2D eigenvalue weighted by Crippen LogP contribution is 2.20. The highest BCUT2D eigenvalue weighted by atomic mass is 32.2. The second-order valence-corrected chi connectivity index (χ2v) is 8.93. The lowest BCUT2D eigenvalue weighted by Crippen LogP contribution is -2.23. The normalized spacial score (nSPS) is 11.6. The Bertz CT molecular complexity index is 1190. The monoisotopic (exact) mass is 413 g/mol. The lowest BCUT2D eigenvalue weighted by molar-refractivity contribution is 0.520. The van der Waals surface area contributed by atoms with E-state index < -0.39 is 10.0 Å². The summed E-state index contributed by atoms with van der Waals surface area (Å²) in [6, 6.07) is 10.4. The summed E-state index contributed by atoms with van der Waals surface area (Å²) in [6.45, 7) is 3.82. The molecule has 0 amide bonds. The summed E-state index contributed by atoms with van der Waals surface area (Å²) in [5, 5.41) is 3.14. The molecule has 3 rings (SSSR count). The smallest absolute Gasteiger partial charge is 0.254 e. The van der Waals surface area contributed by atoms with Gasteiger partial charge < -0.3 is 10.3 Å². The first kappa shape index (κ1) is 20.7. The zero-order valence-corrected chi connectivity index (χ0v) is 17.5. The molecule has 0 aliphatic rings. The molecule has 9 heteroatoms. The van der Waals surface area contributed by atoms with Crippen molar-refractivity contribution < 1.29 is 8.42 Å². The summed E-state index contributed by atoms with van der Waals surface area (Å²) < 4.78 is 26.2. The Labute approximate surface area is 169 Å². The standard InChI is InChI=1S/C20H23N5O3S/c1-13-14(2)23-19(24-20(13)26)16-9-10-18(22-12-16)21-11-15-7-5-6-8-17(15)29(27,28)25(3)4/h5-10,12H,11H2,1-4H3,(H,21,22)(H,23,24,26). The molecule has 0 unspecified atom stereocenters. The summed E-state index contributed by atoms with van der Waals surface area (Å²) in [6.07, 6.45) is 1.61. The molecule has 0 saturated heterocycles. The molecule has 2 N–H and O–H groups in total. The minimum atomic E-state index is -3.54. The summed E-state index contributed by atoms with van der Waals surface area (Å²) in [4.78, 5) is 23.7. The number of nitrogens with zero attached hydrogens (tertiary/aromatic N) is 3. The number of sulfonamides is 1. The Morgan fingerprint density at radius 3 is 2.45 bits per heavy atom. The topological polar surface area (TPSA) is 108 Å². The highest BCUT2D eigenvalue weighted by molar-refractivity contribution is 7.89. The molecule has 0 aliphatic carbocycles. The van der Waals surface area contributed by atoms with Crippen molar-refractivity contribution in [1.82, 2.24) is 19.3 Å². The van der Waals surface area contributed by atoms with E-state index in [1.807, 2.05) is 0 Å². The van der Waals surface area contributed by atoms with Gasteiger partial charge in [0.1, 0.15) is 11.6 Å². The summed E-state index contributed by atoms with van der Waals surface area (Å²) in [5.41, 5.74) is 2.42. The molecule has 152 valence electrons. The number of aromatic amines is 1. The van der Waals surface area contributed by atoms with Gasteiger partial charge in [0, 0.05) is 43.7 Å². The number of nitrogens with one attached hydrogen (secondary N) is 2. The minimum absolute atomic E-state index is 0.173. The van der Waals surface area contributed by atoms with Crippen LogP contribution >= 0.6 is 0 Å². The van der Waals surface area contributed by atoms with E-state index in [2.05, 4.69) is 20.3 Å². The van der Waals surface area contributed by atoms with E-state index in [-0.39, 0.29) is 10.5 Å². The molecule has 2 heterocycles. The fourth-order valence-electron chi connectivity index (χ4n) is 2.70. The van der Waals surface area contributed by atoms with Gasteiger partial charge in [-0.15, -0.1) is 0 Å². The molecule has 0 spiro atoms. The number of benzene rings is 1. The maximum atomic E-state index is 12.5. The van der Waals surface area contributed by atoms with E-state index in [9.17, 15) is 13.2 Å². The van der Waals surface area contributed by atoms with Crippen molar-refractivity contribution in [3.8, 4) is 11.4 Å². The number of anilines is 1. The van der Waals surface area contributed by atoms with E-state index in [0.717, 1.165) is 0 Å². The molecule has 0 aliphatic heterocycles. The predicted molar refractivity (Wildman–Crippen MR) is 112 cm³/mol. The average molecular weight is 414 g/mol. The number of rotatable bonds is 6. The average Bonchev–Trinajstić information content (AvgIpc) is 2.70. The zero-order valence-electron chi connectivity index (χ0n) is 16.7. The van der Waals surface area contributed by atoms with Crippen LogP contribution in [0.25, 0.3) is 11.4 Å². The minimum Gasteiger partial charge on any atom is -0.366 e. The first-order chi connectivity index (χ1) is 13.7. The van der Waals surface area contributed by atoms with Gasteiger partial charge in [-0.25, -0.2) is 22.7 Å². The van der Waals surface area contributed by atoms with E-state index in [4.69, 9.17) is 0 Å². The van der Waals surface area contributed by atoms with Gasteiger partial charge in [0.05, 0.1) is 4.90 Å². The summed E-state index contributed by atoms with van der Waals surface area (Å²) in [7, 11) is -0.526. The van der Waals surface area contributed by atoms with Crippen molar-refractivity contribution >= 4 is 15.8 Å². The van der Waals surface area contributed by atoms with Gasteiger partial charge in [0.25, 0.3) is 5.56 Å². The SMILES string of the molecule is Cc1nc(-c2ccc(NCc3ccccc3S(=O)(=O)N(C)C)nc2)[nH]c(=O)c1C. The summed E-state index contributed by atoms with van der Waals surface area (Å²) >= 11 is 0. The van der Waals surface area contributed by atoms with Gasteiger partial charge in [-0.05, 0) is 37.6 Å². The maximum absolute atomic E-state index is 12.5. The van der Waals surface area contributed by atoms with Crippen LogP contribution in [0.5, 0.6) is 0 Å². The molecule has 1 aromatic carbocycles. The summed E-state index contributed by atoms with van der Waals surface area (Å²) in [5.74, 6) is 1.04. The van der Waals surface area contributed by atoms with Gasteiger partial charge in [-0.2, -0.15) is 0 Å². The molecular formula is C20H23N5O3S. The van der Waals surface area contributed by atoms with Crippen LogP contribution in [0.1, 0.15) is 16.8 Å². The van der Waals surface area contributed by atoms with Crippen molar-refractivity contribution in [3.05, 3.63) is 69.8 Å². The zero-order chi connectivity index (χ0) is 21.2. The Balaban J connectivity index is 1.80. The first-order valence-electron chi connectivity index (χ1n) is 8.98. The Morgan fingerprint density at radius 2 is 1.83 bits per heavy atom. The molecule has 0 atom stereocenters. The predicted octanol–water partition coefficient (Wildman–Crippen LogP) is 2.31. The van der Waals surface area contributed by atoms with Gasteiger partial charge in [-0.3, -0.25) is 4.79 Å². The van der Waals surface area contributed by atoms with Crippen LogP contribution in [0.2, 0.25) is 0 Å². The van der Waals surface area contributed by atoms with Gasteiger partial charge in [0.2, 0.25) is 10.0 Å². The van der Waals surface area contributed by atoms with Gasteiger partial charge >= 0.3 is 0 Å². The number of hydrogen-bond acceptors (Lipinski definition) is 6. The second-order valence-electron chi connectivity index (χ2n) is 6.81. The molecule has 0 fully saturated rings. The largest absolute Gasteiger partial charge is 0.366 e. The van der Waals surface area contributed by atoms with Gasteiger partial charge in [0.15, 0.2) is 0 Å². The maximum Gasteiger partial charge on any atom is 0.254 e. The van der Waals surface area contributed by atoms with Crippen LogP contribution in [-0.4, -0.2) is 41.8 Å². The number of aryl methyl sites for hydroxylation is 1. The van der Waals surface area contributed by atoms with E-state index in [1.54, 1.807) is 56.4 Å². The molecule has 2 aromatic heterocycles. The molecule has 0 radical (unpaired) electrons. The van der Waals surface area contributed by atoms with Crippen molar-refractivity contribution in [2.45, 2.75) is 25.3 Å². The third kappa shape index (κ3) is 4.36. The van der Waals surface area contributed by atoms with Crippen LogP contribution < -0.4 is 10.9 Å². The first-order valence-corrected chi connectivity index (χ1v) is 10.4. The van der Waals surface area contributed by atoms with Crippen LogP contribution in [0.4, 0.5) is 5.82 Å². The number of pyridine rings is 1. The van der Waals surface area contributed by atoms with Crippen molar-refractivity contribution in [2.75, 3.05) is 19.4 Å². The van der Waals surface area contributed by atoms with Crippen molar-refractivity contribution in [2.24, 2.45) is 0 Å². The number of hydrogen-bond donors (Lipinski definition) is 2. The Kier molecular flexibility index (Phi) is 5.81. The number of H-pyrrole nitrogens is 1. The third-order valence-electron chi connectivity index (χ3n) is 4.62. The van der Waals surface area contributed by atoms with E-state index in [0.29, 0.717) is 40.6 Å². The highest BCUT2D eigenvalue weighted by Gasteiger charge is 2.20. The molecule has 0 saturated carbocycles. The molecule has 3 aromatic rings. The van der Waals surface area contributed by atoms with Crippen LogP contribution in [-0.2, 0) is 16.6 Å². The quantitative estimate of drug-likeness (QED) is 0.642. The molecule has 8 nitrogen and oxygen atoms in total. The number of aromatic nitrogens is 3. The Hall–Kier alpha value is -3.04. The van der Waals surface area contributed by atoms with E-state index in [1.165, 1.54) is 18.4 Å². The fourth-order valence-corrected chi connectivity index (χ4v) is 3.82. The van der Waals surface area contributed by atoms with Crippen LogP contribution in [0.3, 0.4) is 0 Å². The lowest BCUT2D eigenvalue weighted by Gasteiger charge is -2.15. The van der Waals surface area contributed by atoms with Crippen LogP contribution in [0.15, 0.2) is 52.3 Å². The van der Waals surface area contributed by atoms with E-state index >= 15 is 0 Å². The third-order valence-corrected chi connectivity index (χ3v) is 6.54. The van der Waals surface area contributed by atoms with Gasteiger partial charge in [-0.1, -0.05) is 18.2 Å². The lowest BCUT2D eigenvalue weighted by atomic mass is 10.2. The van der Waals surface area contributed by atoms with Crippen LogP contribution in [0, 0.1) is 13.8 Å². The van der Waals surface area contributed by atoms with Crippen molar-refractivity contribution in [1.29, 1.82) is 0 Å². The molecular weight excluding hydrogens is 390 g/mol. The molecule has 29 heavy (non-hydrogen) atoms. The molecule has 0 bridgehead atoms. The Morgan fingerprint density at radius 1 is 1.10 bits per heavy atom. The van der Waals surface area contributed by atoms with Crippen molar-refractivity contribution in [3.63, 3.8) is 0 Å². The second kappa shape index (κ2) is 8.14. The fraction of sp³-hybridized carbons (Fsp3) is 0.250.